The van der Waals surface area contributed by atoms with Crippen molar-refractivity contribution in [3.05, 3.63) is 39.9 Å². The van der Waals surface area contributed by atoms with Gasteiger partial charge in [0.1, 0.15) is 5.01 Å². The minimum absolute atomic E-state index is 0.757. The second-order valence-corrected chi connectivity index (χ2v) is 5.48. The van der Waals surface area contributed by atoms with Gasteiger partial charge in [-0.25, -0.2) is 4.98 Å². The number of aromatic nitrogens is 1. The molecule has 0 N–H and O–H groups in total. The van der Waals surface area contributed by atoms with E-state index in [1.54, 1.807) is 11.3 Å². The van der Waals surface area contributed by atoms with Crippen LogP contribution in [0.2, 0.25) is 5.02 Å². The third kappa shape index (κ3) is 2.59. The number of benzene rings is 1. The van der Waals surface area contributed by atoms with E-state index in [4.69, 9.17) is 11.6 Å². The molecule has 0 fully saturated rings. The van der Waals surface area contributed by atoms with Crippen LogP contribution in [0.4, 0.5) is 0 Å². The van der Waals surface area contributed by atoms with Gasteiger partial charge in [-0.3, -0.25) is 0 Å². The number of rotatable bonds is 3. The molecular weight excluding hydrogens is 258 g/mol. The summed E-state index contributed by atoms with van der Waals surface area (Å²) in [6.07, 6.45) is 0.986. The lowest BCUT2D eigenvalue weighted by molar-refractivity contribution is 1.13. The predicted octanol–water partition coefficient (Wildman–Crippen LogP) is 4.24. The standard InChI is InChI=1S/C12H12ClNS2/c1-8-11(6-7-15)16-12(14-8)9-2-4-10(13)5-3-9/h2-5,15H,6-7H2,1H3. The maximum atomic E-state index is 5.86. The summed E-state index contributed by atoms with van der Waals surface area (Å²) in [5, 5.41) is 1.82. The van der Waals surface area contributed by atoms with Gasteiger partial charge in [0.05, 0.1) is 5.69 Å². The molecule has 0 amide bonds. The number of hydrogen-bond acceptors (Lipinski definition) is 3. The molecule has 0 unspecified atom stereocenters. The lowest BCUT2D eigenvalue weighted by Gasteiger charge is -1.95. The molecular formula is C12H12ClNS2. The van der Waals surface area contributed by atoms with Gasteiger partial charge in [0.2, 0.25) is 0 Å². The number of hydrogen-bond donors (Lipinski definition) is 1. The highest BCUT2D eigenvalue weighted by Gasteiger charge is 2.08. The highest BCUT2D eigenvalue weighted by molar-refractivity contribution is 7.80. The molecule has 0 atom stereocenters. The Bertz CT molecular complexity index is 476. The second kappa shape index (κ2) is 5.21. The van der Waals surface area contributed by atoms with Gasteiger partial charge < -0.3 is 0 Å². The second-order valence-electron chi connectivity index (χ2n) is 3.51. The summed E-state index contributed by atoms with van der Waals surface area (Å²) in [5.41, 5.74) is 2.24. The smallest absolute Gasteiger partial charge is 0.123 e. The number of thiazole rings is 1. The summed E-state index contributed by atoms with van der Waals surface area (Å²) in [6, 6.07) is 7.80. The fourth-order valence-corrected chi connectivity index (χ4v) is 3.05. The third-order valence-electron chi connectivity index (χ3n) is 2.32. The van der Waals surface area contributed by atoms with E-state index in [9.17, 15) is 0 Å². The van der Waals surface area contributed by atoms with Crippen molar-refractivity contribution < 1.29 is 0 Å². The van der Waals surface area contributed by atoms with Gasteiger partial charge in [-0.05, 0) is 31.2 Å². The van der Waals surface area contributed by atoms with Crippen LogP contribution in [-0.4, -0.2) is 10.7 Å². The number of nitrogens with zero attached hydrogens (tertiary/aromatic N) is 1. The van der Waals surface area contributed by atoms with E-state index in [1.165, 1.54) is 4.88 Å². The first kappa shape index (κ1) is 12.0. The van der Waals surface area contributed by atoms with Crippen LogP contribution in [0.3, 0.4) is 0 Å². The monoisotopic (exact) mass is 269 g/mol. The quantitative estimate of drug-likeness (QED) is 0.822. The zero-order valence-electron chi connectivity index (χ0n) is 8.90. The fraction of sp³-hybridized carbons (Fsp3) is 0.250. The SMILES string of the molecule is Cc1nc(-c2ccc(Cl)cc2)sc1CCS. The predicted molar refractivity (Wildman–Crippen MR) is 74.9 cm³/mol. The molecule has 16 heavy (non-hydrogen) atoms. The summed E-state index contributed by atoms with van der Waals surface area (Å²) in [6.45, 7) is 2.05. The van der Waals surface area contributed by atoms with Crippen molar-refractivity contribution in [3.8, 4) is 10.6 Å². The summed E-state index contributed by atoms with van der Waals surface area (Å²) in [5.74, 6) is 0.864. The molecule has 1 nitrogen and oxygen atoms in total. The molecule has 0 aliphatic carbocycles. The Morgan fingerprint density at radius 2 is 2.00 bits per heavy atom. The zero-order chi connectivity index (χ0) is 11.5. The first-order chi connectivity index (χ1) is 7.70. The fourth-order valence-electron chi connectivity index (χ4n) is 1.48. The van der Waals surface area contributed by atoms with E-state index >= 15 is 0 Å². The van der Waals surface area contributed by atoms with Crippen LogP contribution in [0.1, 0.15) is 10.6 Å². The normalized spacial score (nSPS) is 10.7. The Morgan fingerprint density at radius 1 is 1.31 bits per heavy atom. The lowest BCUT2D eigenvalue weighted by Crippen LogP contribution is -1.84. The Balaban J connectivity index is 2.33. The largest absolute Gasteiger partial charge is 0.241 e. The maximum Gasteiger partial charge on any atom is 0.123 e. The minimum Gasteiger partial charge on any atom is -0.241 e. The van der Waals surface area contributed by atoms with Gasteiger partial charge in [-0.15, -0.1) is 11.3 Å². The van der Waals surface area contributed by atoms with Crippen LogP contribution in [0.15, 0.2) is 24.3 Å². The summed E-state index contributed by atoms with van der Waals surface area (Å²) < 4.78 is 0. The third-order valence-corrected chi connectivity index (χ3v) is 4.06. The summed E-state index contributed by atoms with van der Waals surface area (Å²) >= 11 is 11.8. The Hall–Kier alpha value is -0.510. The topological polar surface area (TPSA) is 12.9 Å². The van der Waals surface area contributed by atoms with E-state index < -0.39 is 0 Å². The van der Waals surface area contributed by atoms with Gasteiger partial charge in [0.15, 0.2) is 0 Å². The van der Waals surface area contributed by atoms with E-state index in [0.29, 0.717) is 0 Å². The van der Waals surface area contributed by atoms with Gasteiger partial charge in [0, 0.05) is 15.5 Å². The van der Waals surface area contributed by atoms with Crippen molar-refractivity contribution in [2.75, 3.05) is 5.75 Å². The van der Waals surface area contributed by atoms with E-state index in [2.05, 4.69) is 24.5 Å². The molecule has 0 spiro atoms. The average molecular weight is 270 g/mol. The van der Waals surface area contributed by atoms with Crippen LogP contribution in [0.5, 0.6) is 0 Å². The van der Waals surface area contributed by atoms with Gasteiger partial charge in [0.25, 0.3) is 0 Å². The van der Waals surface area contributed by atoms with E-state index in [1.807, 2.05) is 24.3 Å². The van der Waals surface area contributed by atoms with Crippen molar-refractivity contribution >= 4 is 35.6 Å². The Morgan fingerprint density at radius 3 is 2.62 bits per heavy atom. The van der Waals surface area contributed by atoms with Crippen molar-refractivity contribution in [1.29, 1.82) is 0 Å². The first-order valence-electron chi connectivity index (χ1n) is 5.04. The molecule has 2 rings (SSSR count). The minimum atomic E-state index is 0.757. The molecule has 1 heterocycles. The van der Waals surface area contributed by atoms with Crippen LogP contribution >= 0.6 is 35.6 Å². The van der Waals surface area contributed by atoms with Gasteiger partial charge >= 0.3 is 0 Å². The maximum absolute atomic E-state index is 5.86. The molecule has 0 aliphatic heterocycles. The summed E-state index contributed by atoms with van der Waals surface area (Å²) in [7, 11) is 0. The zero-order valence-corrected chi connectivity index (χ0v) is 11.4. The average Bonchev–Trinajstić information content (AvgIpc) is 2.62. The molecule has 4 heteroatoms. The molecule has 84 valence electrons. The summed E-state index contributed by atoms with van der Waals surface area (Å²) in [4.78, 5) is 5.89. The molecule has 0 aliphatic rings. The molecule has 2 aromatic rings. The van der Waals surface area contributed by atoms with Crippen molar-refractivity contribution in [2.24, 2.45) is 0 Å². The van der Waals surface area contributed by atoms with E-state index in [0.717, 1.165) is 33.5 Å². The first-order valence-corrected chi connectivity index (χ1v) is 6.86. The van der Waals surface area contributed by atoms with Crippen LogP contribution in [-0.2, 0) is 6.42 Å². The highest BCUT2D eigenvalue weighted by Crippen LogP contribution is 2.29. The van der Waals surface area contributed by atoms with Crippen molar-refractivity contribution in [3.63, 3.8) is 0 Å². The highest BCUT2D eigenvalue weighted by atomic mass is 35.5. The van der Waals surface area contributed by atoms with Crippen LogP contribution < -0.4 is 0 Å². The van der Waals surface area contributed by atoms with Crippen LogP contribution in [0, 0.1) is 6.92 Å². The number of halogens is 1. The van der Waals surface area contributed by atoms with Crippen molar-refractivity contribution in [1.82, 2.24) is 4.98 Å². The molecule has 1 aromatic heterocycles. The molecule has 1 aromatic carbocycles. The molecule has 0 radical (unpaired) electrons. The Kier molecular flexibility index (Phi) is 3.90. The van der Waals surface area contributed by atoms with Gasteiger partial charge in [-0.1, -0.05) is 23.7 Å². The number of aryl methyl sites for hydroxylation is 2. The van der Waals surface area contributed by atoms with Crippen molar-refractivity contribution in [2.45, 2.75) is 13.3 Å². The lowest BCUT2D eigenvalue weighted by atomic mass is 10.2. The van der Waals surface area contributed by atoms with Gasteiger partial charge in [-0.2, -0.15) is 12.6 Å². The molecule has 0 bridgehead atoms. The Labute approximate surface area is 110 Å². The molecule has 0 saturated heterocycles. The van der Waals surface area contributed by atoms with E-state index in [-0.39, 0.29) is 0 Å². The van der Waals surface area contributed by atoms with Crippen LogP contribution in [0.25, 0.3) is 10.6 Å². The molecule has 0 saturated carbocycles. The number of thiol groups is 1.